The summed E-state index contributed by atoms with van der Waals surface area (Å²) in [6.45, 7) is -0.217. The number of carbonyl (C=O) groups excluding carboxylic acids is 4. The summed E-state index contributed by atoms with van der Waals surface area (Å²) in [6, 6.07) is 36.9. The summed E-state index contributed by atoms with van der Waals surface area (Å²) in [7, 11) is 0. The molecule has 0 saturated heterocycles. The quantitative estimate of drug-likeness (QED) is 0.0161. The number of nitrogens with one attached hydrogen (secondary N) is 6. The monoisotopic (exact) mass is 1700 g/mol. The van der Waals surface area contributed by atoms with Gasteiger partial charge in [-0.15, -0.1) is 0 Å². The van der Waals surface area contributed by atoms with Gasteiger partial charge in [-0.1, -0.05) is 6.07 Å². The van der Waals surface area contributed by atoms with Gasteiger partial charge >= 0.3 is 5.97 Å². The van der Waals surface area contributed by atoms with E-state index in [1.807, 2.05) is 48.8 Å². The molecule has 0 unspecified atom stereocenters. The number of aromatic amines is 2. The number of H-pyrrole nitrogens is 2. The molecule has 0 aliphatic carbocycles. The number of rotatable bonds is 23. The summed E-state index contributed by atoms with van der Waals surface area (Å²) in [5, 5.41) is 46.6. The van der Waals surface area contributed by atoms with E-state index >= 15 is 0 Å². The van der Waals surface area contributed by atoms with Gasteiger partial charge in [0.05, 0.1) is 58.9 Å². The molecule has 26 nitrogen and oxygen atoms in total. The molecule has 0 saturated carbocycles. The number of nitrogens with zero attached hydrogens (tertiary/aromatic N) is 4. The lowest BCUT2D eigenvalue weighted by atomic mass is 10.1. The molecular weight excluding hydrogens is 1630 g/mol. The number of nitrogens with two attached hydrogens (primary N) is 1. The summed E-state index contributed by atoms with van der Waals surface area (Å²) in [4.78, 5) is 114. The third-order valence-corrected chi connectivity index (χ3v) is 17.2. The van der Waals surface area contributed by atoms with E-state index in [2.05, 4.69) is 31.2 Å². The van der Waals surface area contributed by atoms with E-state index in [-0.39, 0.29) is 117 Å². The number of phenols is 1. The number of aliphatic hydroxyl groups is 2. The van der Waals surface area contributed by atoms with Crippen molar-refractivity contribution in [2.24, 2.45) is 5.73 Å². The van der Waals surface area contributed by atoms with Crippen molar-refractivity contribution in [2.45, 2.75) is 32.6 Å². The van der Waals surface area contributed by atoms with Gasteiger partial charge in [0.15, 0.2) is 69.8 Å². The molecule has 38 heteroatoms. The van der Waals surface area contributed by atoms with Crippen LogP contribution in [0.1, 0.15) is 69.2 Å². The number of ether oxygens (including phenoxy) is 2. The van der Waals surface area contributed by atoms with Crippen LogP contribution in [-0.2, 0) is 37.4 Å². The summed E-state index contributed by atoms with van der Waals surface area (Å²) in [6.07, 6.45) is 9.34. The van der Waals surface area contributed by atoms with Gasteiger partial charge in [0.25, 0.3) is 40.0 Å². The van der Waals surface area contributed by atoms with Crippen LogP contribution in [0.4, 0.5) is 58.4 Å². The topological polar surface area (TPSA) is 378 Å². The smallest absolute Gasteiger partial charge is 0.341 e. The van der Waals surface area contributed by atoms with Crippen molar-refractivity contribution in [3.05, 3.63) is 362 Å². The number of carboxylic acids is 1. The van der Waals surface area contributed by atoms with Crippen molar-refractivity contribution in [3.63, 3.8) is 0 Å². The number of benzene rings is 7. The highest BCUT2D eigenvalue weighted by molar-refractivity contribution is 5.99. The van der Waals surface area contributed by atoms with E-state index in [1.165, 1.54) is 67.3 Å². The maximum Gasteiger partial charge on any atom is 0.341 e. The van der Waals surface area contributed by atoms with Crippen molar-refractivity contribution in [2.75, 3.05) is 57.9 Å². The largest absolute Gasteiger partial charge is 0.508 e. The van der Waals surface area contributed by atoms with E-state index in [4.69, 9.17) is 35.6 Å². The van der Waals surface area contributed by atoms with Crippen LogP contribution in [0.5, 0.6) is 17.2 Å². The van der Waals surface area contributed by atoms with Crippen LogP contribution in [0, 0.1) is 69.8 Å². The van der Waals surface area contributed by atoms with Crippen LogP contribution in [0.15, 0.2) is 220 Å². The fraction of sp³-hybridized carbons (Fsp3) is 0.155. The first-order valence-corrected chi connectivity index (χ1v) is 36.2. The van der Waals surface area contributed by atoms with Crippen LogP contribution in [0.25, 0.3) is 21.8 Å². The molecule has 0 bridgehead atoms. The molecule has 6 aromatic heterocycles. The Hall–Kier alpha value is -14.8. The number of anilines is 1. The number of halogens is 12. The zero-order valence-corrected chi connectivity index (χ0v) is 63.4. The number of fused-ring (bicyclic) bond motifs is 3. The molecular formula is C84H71F12N11O15. The Labute approximate surface area is 680 Å². The summed E-state index contributed by atoms with van der Waals surface area (Å²) >= 11 is 0. The van der Waals surface area contributed by atoms with Crippen molar-refractivity contribution in [3.8, 4) is 17.2 Å². The number of phenolic OH excluding ortho intramolecular Hbond substituents is 1. The molecule has 0 fully saturated rings. The number of amides is 4. The molecule has 14 rings (SSSR count). The average Bonchev–Trinajstić information content (AvgIpc) is 1.25. The minimum Gasteiger partial charge on any atom is -0.508 e. The molecule has 4 amide bonds. The third-order valence-electron chi connectivity index (χ3n) is 17.2. The molecule has 0 radical (unpaired) electrons. The van der Waals surface area contributed by atoms with Gasteiger partial charge in [-0.25, -0.2) is 57.5 Å². The minimum atomic E-state index is -1.60. The normalized spacial score (nSPS) is 11.0. The summed E-state index contributed by atoms with van der Waals surface area (Å²) in [5.74, 6) is -19.2. The molecule has 7 heterocycles. The number of carbonyl (C=O) groups is 5. The zero-order chi connectivity index (χ0) is 88.4. The number of hydrogen-bond acceptors (Lipinski definition) is 15. The van der Waals surface area contributed by atoms with E-state index in [0.717, 1.165) is 100 Å². The van der Waals surface area contributed by atoms with Crippen LogP contribution < -0.4 is 58.7 Å². The molecule has 1 aliphatic heterocycles. The van der Waals surface area contributed by atoms with Crippen molar-refractivity contribution < 1.29 is 107 Å². The zero-order valence-electron chi connectivity index (χ0n) is 63.4. The third kappa shape index (κ3) is 24.7. The molecule has 1 aliphatic rings. The van der Waals surface area contributed by atoms with Crippen molar-refractivity contribution in [1.29, 1.82) is 0 Å². The van der Waals surface area contributed by atoms with Crippen molar-refractivity contribution >= 4 is 57.1 Å². The number of hydrogen-bond donors (Lipinski definition) is 11. The standard InChI is InChI=1S/C23H18F3N3O4.C23H18F3N3O3.C15H13F3N2O3.C13H8F3NO3.C8H7NO.C2H7NO/c24-17-8-13(9-18(25)21(17)26)12-29-6-1-2-16(23(29)32)22(31)27-5-7-33-15-4-3-14-10-20(30)28-19(14)11-15;24-18-10-14(11-19(25)21(18)26)13-29-8-1-2-17(23(29)31)22(30)28-7-9-32-16-4-3-15-5-6-27-20(15)12-16;16-11-6-9(7-12(17)13(11)18)8-20-4-1-2-10(15(20)23)14(22)19-3-5-21;14-9-4-7(5-10(15)11(9)16)6-17-3-1-2-8(12(17)18)13(19)20;10-7-2-1-6-3-4-9-8(6)5-7;3-1-2-4/h1-4,6,8-9,11H,5,7,10,12H2,(H,27,31)(H,28,30);1-6,8,10-12,27H,7,9,13H2,(H,28,30);1-2,4,6-7,21H,3,5,8H2,(H,19,22);1-5H,6H2,(H,19,20);1-5,9-10H;4H,1-3H2. The Balaban J connectivity index is 0.000000177. The number of carboxylic acid groups (broad SMARTS) is 1. The first-order chi connectivity index (χ1) is 58.3. The fourth-order valence-corrected chi connectivity index (χ4v) is 11.5. The lowest BCUT2D eigenvalue weighted by molar-refractivity contribution is -0.115. The highest BCUT2D eigenvalue weighted by Crippen LogP contribution is 2.28. The minimum absolute atomic E-state index is 0.00559. The molecule has 13 aromatic rings. The SMILES string of the molecule is NCCO.O=C(NCCO)c1cccn(Cc2cc(F)c(F)c(F)c2)c1=O.O=C(NCCOc1ccc2cc[nH]c2c1)c1cccn(Cc2cc(F)c(F)c(F)c2)c1=O.O=C(O)c1cccn(Cc2cc(F)c(F)c(F)c2)c1=O.O=C1Cc2ccc(OCCNC(=O)c3cccn(Cc4cc(F)c(F)c(F)c4)c3=O)cc2N1.Oc1ccc2cc[nH]c2c1. The van der Waals surface area contributed by atoms with Gasteiger partial charge in [0.1, 0.15) is 52.7 Å². The molecule has 0 spiro atoms. The van der Waals surface area contributed by atoms with Gasteiger partial charge in [-0.05, 0) is 178 Å². The highest BCUT2D eigenvalue weighted by Gasteiger charge is 2.22. The van der Waals surface area contributed by atoms with Crippen LogP contribution in [0.3, 0.4) is 0 Å². The van der Waals surface area contributed by atoms with Crippen LogP contribution in [0.2, 0.25) is 0 Å². The summed E-state index contributed by atoms with van der Waals surface area (Å²) in [5.41, 5.74) is 4.63. The first kappa shape index (κ1) is 91.1. The Morgan fingerprint density at radius 3 is 1.10 bits per heavy atom. The fourth-order valence-electron chi connectivity index (χ4n) is 11.5. The van der Waals surface area contributed by atoms with Gasteiger partial charge in [0, 0.05) is 85.2 Å². The van der Waals surface area contributed by atoms with Gasteiger partial charge in [-0.3, -0.25) is 38.4 Å². The number of pyridine rings is 4. The lowest BCUT2D eigenvalue weighted by Crippen LogP contribution is -2.34. The van der Waals surface area contributed by atoms with E-state index in [0.29, 0.717) is 35.9 Å². The Morgan fingerprint density at radius 2 is 0.738 bits per heavy atom. The summed E-state index contributed by atoms with van der Waals surface area (Å²) < 4.78 is 174. The number of aliphatic hydroxyl groups excluding tert-OH is 2. The van der Waals surface area contributed by atoms with Crippen molar-refractivity contribution in [1.82, 2.24) is 44.2 Å². The first-order valence-electron chi connectivity index (χ1n) is 36.2. The second kappa shape index (κ2) is 43.1. The average molecular weight is 1700 g/mol. The van der Waals surface area contributed by atoms with E-state index in [9.17, 15) is 95.8 Å². The Morgan fingerprint density at radius 1 is 0.410 bits per heavy atom. The molecule has 7 aromatic carbocycles. The predicted molar refractivity (Wildman–Crippen MR) is 420 cm³/mol. The number of aromatic carboxylic acids is 1. The molecule has 636 valence electrons. The highest BCUT2D eigenvalue weighted by atomic mass is 19.2. The Bertz CT molecular complexity index is 6140. The van der Waals surface area contributed by atoms with Crippen LogP contribution >= 0.6 is 0 Å². The molecule has 12 N–H and O–H groups in total. The maximum atomic E-state index is 13.4. The molecule has 122 heavy (non-hydrogen) atoms. The van der Waals surface area contributed by atoms with Gasteiger partial charge in [0.2, 0.25) is 5.91 Å². The second-order valence-electron chi connectivity index (χ2n) is 25.9. The maximum absolute atomic E-state index is 13.4. The van der Waals surface area contributed by atoms with E-state index in [1.54, 1.807) is 30.3 Å². The van der Waals surface area contributed by atoms with Gasteiger partial charge < -0.3 is 85.1 Å². The number of aromatic hydroxyl groups is 1. The Kier molecular flexibility index (Phi) is 32.2. The van der Waals surface area contributed by atoms with Crippen LogP contribution in [-0.4, -0.2) is 131 Å². The lowest BCUT2D eigenvalue weighted by Gasteiger charge is -2.11. The molecule has 0 atom stereocenters. The number of aromatic nitrogens is 6. The van der Waals surface area contributed by atoms with Gasteiger partial charge in [-0.2, -0.15) is 0 Å². The predicted octanol–water partition coefficient (Wildman–Crippen LogP) is 10.1. The second-order valence-corrected chi connectivity index (χ2v) is 25.9. The van der Waals surface area contributed by atoms with E-state index < -0.39 is 121 Å².